The highest BCUT2D eigenvalue weighted by molar-refractivity contribution is 5.98. The van der Waals surface area contributed by atoms with Gasteiger partial charge in [-0.1, -0.05) is 12.1 Å². The van der Waals surface area contributed by atoms with E-state index in [2.05, 4.69) is 10.3 Å². The first-order valence-electron chi connectivity index (χ1n) is 9.15. The lowest BCUT2D eigenvalue weighted by molar-refractivity contribution is -0.134. The number of aromatic nitrogens is 2. The van der Waals surface area contributed by atoms with Gasteiger partial charge in [-0.25, -0.2) is 4.98 Å². The topological polar surface area (TPSA) is 79.7 Å². The number of anilines is 1. The largest absolute Gasteiger partial charge is 0.482 e. The number of carbonyl (C=O) groups excluding carboxylic acids is 2. The third kappa shape index (κ3) is 3.83. The first-order valence-corrected chi connectivity index (χ1v) is 9.15. The lowest BCUT2D eigenvalue weighted by Crippen LogP contribution is -2.50. The highest BCUT2D eigenvalue weighted by Crippen LogP contribution is 2.31. The van der Waals surface area contributed by atoms with Crippen LogP contribution in [0.4, 0.5) is 5.69 Å². The molecule has 4 rings (SSSR count). The number of ether oxygens (including phenoxy) is 1. The molecule has 0 radical (unpaired) electrons. The summed E-state index contributed by atoms with van der Waals surface area (Å²) in [7, 11) is 1.93. The Morgan fingerprint density at radius 3 is 2.96 bits per heavy atom. The molecule has 2 amide bonds. The second kappa shape index (κ2) is 8.62. The number of para-hydroxylation sites is 2. The van der Waals surface area contributed by atoms with Crippen molar-refractivity contribution >= 4 is 29.9 Å². The Hall–Kier alpha value is -2.58. The molecule has 0 aliphatic carbocycles. The number of nitrogens with zero attached hydrogens (tertiary/aromatic N) is 4. The van der Waals surface area contributed by atoms with Gasteiger partial charge in [-0.15, -0.1) is 12.4 Å². The fourth-order valence-corrected chi connectivity index (χ4v) is 3.68. The third-order valence-corrected chi connectivity index (χ3v) is 5.08. The number of piperazine rings is 1. The second-order valence-electron chi connectivity index (χ2n) is 6.76. The smallest absolute Gasteiger partial charge is 0.265 e. The Labute approximate surface area is 169 Å². The van der Waals surface area contributed by atoms with E-state index in [0.29, 0.717) is 25.4 Å². The fourth-order valence-electron chi connectivity index (χ4n) is 3.68. The molecule has 3 heterocycles. The number of halogens is 1. The molecule has 9 heteroatoms. The summed E-state index contributed by atoms with van der Waals surface area (Å²) in [4.78, 5) is 33.2. The molecule has 8 nitrogen and oxygen atoms in total. The van der Waals surface area contributed by atoms with Crippen LogP contribution in [0.3, 0.4) is 0 Å². The Bertz CT molecular complexity index is 856. The van der Waals surface area contributed by atoms with Crippen LogP contribution in [0.25, 0.3) is 0 Å². The van der Waals surface area contributed by atoms with Crippen molar-refractivity contribution < 1.29 is 14.3 Å². The lowest BCUT2D eigenvalue weighted by Gasteiger charge is -2.36. The first kappa shape index (κ1) is 20.2. The first-order chi connectivity index (χ1) is 13.1. The van der Waals surface area contributed by atoms with Crippen molar-refractivity contribution in [1.29, 1.82) is 0 Å². The molecule has 0 bridgehead atoms. The molecule has 1 fully saturated rings. The summed E-state index contributed by atoms with van der Waals surface area (Å²) in [6.45, 7) is 2.41. The minimum Gasteiger partial charge on any atom is -0.482 e. The number of fused-ring (bicyclic) bond motifs is 1. The Kier molecular flexibility index (Phi) is 6.21. The molecule has 1 aromatic heterocycles. The number of carbonyl (C=O) groups is 2. The normalized spacial score (nSPS) is 18.9. The zero-order chi connectivity index (χ0) is 18.8. The minimum atomic E-state index is -0.123. The molecular formula is C19H24ClN5O3. The van der Waals surface area contributed by atoms with Gasteiger partial charge < -0.3 is 24.4 Å². The molecule has 1 aromatic carbocycles. The van der Waals surface area contributed by atoms with Gasteiger partial charge in [0.15, 0.2) is 6.61 Å². The van der Waals surface area contributed by atoms with Crippen molar-refractivity contribution in [1.82, 2.24) is 19.8 Å². The standard InChI is InChI=1S/C19H23N5O3.ClH/c1-22-10-8-21-19(22)15-12-20-7-11-24(15)17(25)6-9-23-14-4-2-3-5-16(14)27-13-18(23)26;/h2-5,8,10,15,20H,6-7,9,11-13H2,1H3;1H. The van der Waals surface area contributed by atoms with E-state index in [1.807, 2.05) is 47.0 Å². The van der Waals surface area contributed by atoms with E-state index in [1.54, 1.807) is 11.1 Å². The van der Waals surface area contributed by atoms with Crippen molar-refractivity contribution in [2.75, 3.05) is 37.7 Å². The summed E-state index contributed by atoms with van der Waals surface area (Å²) in [5.74, 6) is 1.45. The average molecular weight is 406 g/mol. The molecular weight excluding hydrogens is 382 g/mol. The number of hydrogen-bond donors (Lipinski definition) is 1. The van der Waals surface area contributed by atoms with Crippen LogP contribution >= 0.6 is 12.4 Å². The van der Waals surface area contributed by atoms with Crippen LogP contribution in [0.1, 0.15) is 18.3 Å². The zero-order valence-electron chi connectivity index (χ0n) is 15.7. The van der Waals surface area contributed by atoms with Crippen LogP contribution in [-0.4, -0.2) is 59.1 Å². The third-order valence-electron chi connectivity index (χ3n) is 5.08. The molecule has 0 saturated carbocycles. The highest BCUT2D eigenvalue weighted by atomic mass is 35.5. The molecule has 150 valence electrons. The molecule has 2 aliphatic heterocycles. The van der Waals surface area contributed by atoms with Crippen LogP contribution in [0.5, 0.6) is 5.75 Å². The van der Waals surface area contributed by atoms with E-state index < -0.39 is 0 Å². The fraction of sp³-hybridized carbons (Fsp3) is 0.421. The van der Waals surface area contributed by atoms with Gasteiger partial charge in [0.25, 0.3) is 5.91 Å². The van der Waals surface area contributed by atoms with Gasteiger partial charge in [0.2, 0.25) is 5.91 Å². The van der Waals surface area contributed by atoms with Crippen LogP contribution in [0.15, 0.2) is 36.7 Å². The average Bonchev–Trinajstić information content (AvgIpc) is 3.12. The quantitative estimate of drug-likeness (QED) is 0.824. The summed E-state index contributed by atoms with van der Waals surface area (Å²) in [6, 6.07) is 7.32. The second-order valence-corrected chi connectivity index (χ2v) is 6.76. The Balaban J connectivity index is 0.00000225. The van der Waals surface area contributed by atoms with Gasteiger partial charge in [-0.2, -0.15) is 0 Å². The number of rotatable bonds is 4. The van der Waals surface area contributed by atoms with E-state index in [-0.39, 0.29) is 43.3 Å². The van der Waals surface area contributed by atoms with Crippen LogP contribution in [0.2, 0.25) is 0 Å². The maximum absolute atomic E-state index is 13.0. The minimum absolute atomic E-state index is 0. The van der Waals surface area contributed by atoms with Crippen molar-refractivity contribution in [2.45, 2.75) is 12.5 Å². The van der Waals surface area contributed by atoms with Crippen molar-refractivity contribution in [3.8, 4) is 5.75 Å². The van der Waals surface area contributed by atoms with E-state index in [4.69, 9.17) is 4.74 Å². The van der Waals surface area contributed by atoms with E-state index in [0.717, 1.165) is 18.1 Å². The van der Waals surface area contributed by atoms with E-state index in [1.165, 1.54) is 0 Å². The Morgan fingerprint density at radius 2 is 2.18 bits per heavy atom. The summed E-state index contributed by atoms with van der Waals surface area (Å²) in [5, 5.41) is 3.33. The summed E-state index contributed by atoms with van der Waals surface area (Å²) < 4.78 is 7.41. The van der Waals surface area contributed by atoms with Gasteiger partial charge in [0.1, 0.15) is 17.6 Å². The number of hydrogen-bond acceptors (Lipinski definition) is 5. The van der Waals surface area contributed by atoms with Crippen LogP contribution in [-0.2, 0) is 16.6 Å². The molecule has 2 aromatic rings. The molecule has 0 spiro atoms. The van der Waals surface area contributed by atoms with Crippen molar-refractivity contribution in [3.63, 3.8) is 0 Å². The summed E-state index contributed by atoms with van der Waals surface area (Å²) in [6.07, 6.45) is 3.90. The molecule has 1 N–H and O–H groups in total. The number of amides is 2. The molecule has 1 atom stereocenters. The molecule has 1 unspecified atom stereocenters. The van der Waals surface area contributed by atoms with E-state index >= 15 is 0 Å². The van der Waals surface area contributed by atoms with Gasteiger partial charge in [-0.3, -0.25) is 9.59 Å². The monoisotopic (exact) mass is 405 g/mol. The number of aryl methyl sites for hydroxylation is 1. The predicted molar refractivity (Wildman–Crippen MR) is 107 cm³/mol. The Morgan fingerprint density at radius 1 is 1.36 bits per heavy atom. The van der Waals surface area contributed by atoms with Gasteiger partial charge in [0, 0.05) is 52.0 Å². The van der Waals surface area contributed by atoms with Crippen molar-refractivity contribution in [3.05, 3.63) is 42.5 Å². The van der Waals surface area contributed by atoms with Crippen LogP contribution < -0.4 is 15.0 Å². The predicted octanol–water partition coefficient (Wildman–Crippen LogP) is 1.13. The van der Waals surface area contributed by atoms with Gasteiger partial charge in [-0.05, 0) is 12.1 Å². The van der Waals surface area contributed by atoms with E-state index in [9.17, 15) is 9.59 Å². The van der Waals surface area contributed by atoms with Crippen molar-refractivity contribution in [2.24, 2.45) is 7.05 Å². The number of nitrogens with one attached hydrogen (secondary N) is 1. The maximum atomic E-state index is 13.0. The lowest BCUT2D eigenvalue weighted by atomic mass is 10.1. The number of imidazole rings is 1. The molecule has 28 heavy (non-hydrogen) atoms. The summed E-state index contributed by atoms with van der Waals surface area (Å²) in [5.41, 5.74) is 0.725. The molecule has 2 aliphatic rings. The maximum Gasteiger partial charge on any atom is 0.265 e. The van der Waals surface area contributed by atoms with Gasteiger partial charge >= 0.3 is 0 Å². The number of benzene rings is 1. The van der Waals surface area contributed by atoms with Crippen LogP contribution in [0, 0.1) is 0 Å². The zero-order valence-corrected chi connectivity index (χ0v) is 16.5. The SMILES string of the molecule is Cl.Cn1ccnc1C1CNCCN1C(=O)CCN1C(=O)COc2ccccc21. The summed E-state index contributed by atoms with van der Waals surface area (Å²) >= 11 is 0. The van der Waals surface area contributed by atoms with Gasteiger partial charge in [0.05, 0.1) is 5.69 Å². The highest BCUT2D eigenvalue weighted by Gasteiger charge is 2.31. The molecule has 1 saturated heterocycles.